The van der Waals surface area contributed by atoms with Crippen LogP contribution in [0.4, 0.5) is 0 Å². The van der Waals surface area contributed by atoms with Crippen molar-refractivity contribution in [2.24, 2.45) is 0 Å². The van der Waals surface area contributed by atoms with Crippen molar-refractivity contribution in [3.05, 3.63) is 158 Å². The SMILES string of the molecule is c1ccc(-c2nc3ccccc3nc2-n2c3ccccc3c3cc4c(cc32)c2cccc3c2n4-c2ccccc2-c2ccccc2-3)cc1. The van der Waals surface area contributed by atoms with Crippen LogP contribution in [0.5, 0.6) is 0 Å². The largest absolute Gasteiger partial charge is 0.308 e. The zero-order chi connectivity index (χ0) is 31.3. The van der Waals surface area contributed by atoms with Crippen LogP contribution in [-0.2, 0) is 0 Å². The fraction of sp³-hybridized carbons (Fsp3) is 0. The van der Waals surface area contributed by atoms with Crippen molar-refractivity contribution in [3.63, 3.8) is 0 Å². The molecule has 0 radical (unpaired) electrons. The Kier molecular flexibility index (Phi) is 5.08. The summed E-state index contributed by atoms with van der Waals surface area (Å²) >= 11 is 0. The van der Waals surface area contributed by atoms with Crippen LogP contribution in [0.3, 0.4) is 0 Å². The third-order valence-corrected chi connectivity index (χ3v) is 10.0. The molecule has 4 heteroatoms. The van der Waals surface area contributed by atoms with Crippen LogP contribution in [0.1, 0.15) is 0 Å². The second kappa shape index (κ2) is 9.50. The average molecular weight is 611 g/mol. The summed E-state index contributed by atoms with van der Waals surface area (Å²) in [7, 11) is 0. The summed E-state index contributed by atoms with van der Waals surface area (Å²) in [6.07, 6.45) is 0. The zero-order valence-corrected chi connectivity index (χ0v) is 25.8. The molecule has 222 valence electrons. The van der Waals surface area contributed by atoms with E-state index in [4.69, 9.17) is 9.97 Å². The van der Waals surface area contributed by atoms with E-state index < -0.39 is 0 Å². The van der Waals surface area contributed by atoms with Gasteiger partial charge in [-0.2, -0.15) is 0 Å². The first kappa shape index (κ1) is 25.6. The van der Waals surface area contributed by atoms with Gasteiger partial charge in [-0.25, -0.2) is 9.97 Å². The van der Waals surface area contributed by atoms with E-state index in [1.165, 1.54) is 60.5 Å². The third-order valence-electron chi connectivity index (χ3n) is 10.0. The molecule has 0 aliphatic carbocycles. The highest BCUT2D eigenvalue weighted by Gasteiger charge is 2.26. The predicted molar refractivity (Wildman–Crippen MR) is 198 cm³/mol. The summed E-state index contributed by atoms with van der Waals surface area (Å²) in [5.74, 6) is 0.829. The first-order chi connectivity index (χ1) is 23.8. The van der Waals surface area contributed by atoms with Crippen molar-refractivity contribution in [1.82, 2.24) is 19.1 Å². The number of aromatic nitrogens is 4. The van der Waals surface area contributed by atoms with Gasteiger partial charge in [-0.3, -0.25) is 4.57 Å². The van der Waals surface area contributed by atoms with Crippen molar-refractivity contribution >= 4 is 54.6 Å². The Morgan fingerprint density at radius 1 is 0.375 bits per heavy atom. The van der Waals surface area contributed by atoms with Crippen LogP contribution < -0.4 is 0 Å². The molecule has 0 atom stereocenters. The van der Waals surface area contributed by atoms with E-state index in [0.717, 1.165) is 39.1 Å². The van der Waals surface area contributed by atoms with Gasteiger partial charge in [-0.15, -0.1) is 0 Å². The summed E-state index contributed by atoms with van der Waals surface area (Å²) in [4.78, 5) is 10.6. The number of hydrogen-bond donors (Lipinski definition) is 0. The maximum Gasteiger partial charge on any atom is 0.165 e. The number of rotatable bonds is 2. The molecule has 4 nitrogen and oxygen atoms in total. The molecule has 0 spiro atoms. The lowest BCUT2D eigenvalue weighted by molar-refractivity contribution is 1.08. The van der Waals surface area contributed by atoms with Crippen molar-refractivity contribution in [3.8, 4) is 45.0 Å². The van der Waals surface area contributed by atoms with Gasteiger partial charge in [-0.05, 0) is 47.5 Å². The van der Waals surface area contributed by atoms with Crippen LogP contribution in [-0.4, -0.2) is 19.1 Å². The first-order valence-electron chi connectivity index (χ1n) is 16.4. The third kappa shape index (κ3) is 3.38. The second-order valence-corrected chi connectivity index (χ2v) is 12.6. The molecule has 0 saturated carbocycles. The highest BCUT2D eigenvalue weighted by molar-refractivity contribution is 6.22. The minimum atomic E-state index is 0.829. The molecule has 1 aliphatic heterocycles. The lowest BCUT2D eigenvalue weighted by Crippen LogP contribution is -2.03. The van der Waals surface area contributed by atoms with E-state index in [2.05, 4.69) is 143 Å². The van der Waals surface area contributed by atoms with Gasteiger partial charge in [0.05, 0.1) is 38.8 Å². The summed E-state index contributed by atoms with van der Waals surface area (Å²) in [5.41, 5.74) is 14.5. The summed E-state index contributed by atoms with van der Waals surface area (Å²) in [6.45, 7) is 0. The molecule has 10 aromatic rings. The van der Waals surface area contributed by atoms with Crippen molar-refractivity contribution in [1.29, 1.82) is 0 Å². The van der Waals surface area contributed by atoms with Crippen molar-refractivity contribution < 1.29 is 0 Å². The van der Waals surface area contributed by atoms with Crippen LogP contribution in [0.2, 0.25) is 0 Å². The van der Waals surface area contributed by atoms with Gasteiger partial charge >= 0.3 is 0 Å². The second-order valence-electron chi connectivity index (χ2n) is 12.6. The molecular weight excluding hydrogens is 585 g/mol. The maximum atomic E-state index is 5.34. The Bertz CT molecular complexity index is 2950. The van der Waals surface area contributed by atoms with Gasteiger partial charge < -0.3 is 4.57 Å². The zero-order valence-electron chi connectivity index (χ0n) is 25.8. The van der Waals surface area contributed by atoms with E-state index >= 15 is 0 Å². The fourth-order valence-corrected chi connectivity index (χ4v) is 8.01. The molecular formula is C44H26N4. The average Bonchev–Trinajstić information content (AvgIpc) is 3.61. The Morgan fingerprint density at radius 3 is 1.79 bits per heavy atom. The molecule has 11 rings (SSSR count). The van der Waals surface area contributed by atoms with E-state index in [1.54, 1.807) is 0 Å². The maximum absolute atomic E-state index is 5.34. The quantitative estimate of drug-likeness (QED) is 0.195. The molecule has 0 saturated heterocycles. The summed E-state index contributed by atoms with van der Waals surface area (Å²) in [5, 5.41) is 4.83. The smallest absolute Gasteiger partial charge is 0.165 e. The summed E-state index contributed by atoms with van der Waals surface area (Å²) < 4.78 is 4.82. The molecule has 0 N–H and O–H groups in total. The molecule has 1 aliphatic rings. The number of hydrogen-bond acceptors (Lipinski definition) is 2. The normalized spacial score (nSPS) is 12.2. The monoisotopic (exact) mass is 610 g/mol. The van der Waals surface area contributed by atoms with Gasteiger partial charge in [0.25, 0.3) is 0 Å². The number of nitrogens with zero attached hydrogens (tertiary/aromatic N) is 4. The molecule has 0 fully saturated rings. The molecule has 0 amide bonds. The lowest BCUT2D eigenvalue weighted by atomic mass is 9.94. The fourth-order valence-electron chi connectivity index (χ4n) is 8.01. The lowest BCUT2D eigenvalue weighted by Gasteiger charge is -2.14. The molecule has 4 heterocycles. The predicted octanol–water partition coefficient (Wildman–Crippen LogP) is 11.1. The van der Waals surface area contributed by atoms with E-state index in [9.17, 15) is 0 Å². The minimum Gasteiger partial charge on any atom is -0.308 e. The highest BCUT2D eigenvalue weighted by Crippen LogP contribution is 2.48. The van der Waals surface area contributed by atoms with Gasteiger partial charge in [-0.1, -0.05) is 121 Å². The topological polar surface area (TPSA) is 35.6 Å². The Labute approximate surface area is 275 Å². The van der Waals surface area contributed by atoms with E-state index in [0.29, 0.717) is 0 Å². The molecule has 7 aromatic carbocycles. The van der Waals surface area contributed by atoms with Gasteiger partial charge in [0.1, 0.15) is 5.69 Å². The Balaban J connectivity index is 1.32. The van der Waals surface area contributed by atoms with Crippen LogP contribution >= 0.6 is 0 Å². The molecule has 0 bridgehead atoms. The standard InChI is InChI=1S/C44H26N4/c1-2-13-27(14-3-1)42-44(46-37-22-9-8-21-36(37)45-42)48-39-24-11-7-18-31(39)34-25-40-35(26-41(34)48)33-20-12-19-32-29-16-5-4-15-28(29)30-17-6-10-23-38(30)47(40)43(32)33/h1-26H. The summed E-state index contributed by atoms with van der Waals surface area (Å²) in [6, 6.07) is 56.4. The minimum absolute atomic E-state index is 0.829. The van der Waals surface area contributed by atoms with Gasteiger partial charge in [0.15, 0.2) is 5.82 Å². The molecule has 48 heavy (non-hydrogen) atoms. The van der Waals surface area contributed by atoms with E-state index in [1.807, 2.05) is 24.3 Å². The van der Waals surface area contributed by atoms with Crippen LogP contribution in [0, 0.1) is 0 Å². The van der Waals surface area contributed by atoms with Gasteiger partial charge in [0, 0.05) is 38.2 Å². The number of benzene rings is 7. The number of para-hydroxylation sites is 5. The first-order valence-corrected chi connectivity index (χ1v) is 16.4. The molecule has 3 aromatic heterocycles. The Morgan fingerprint density at radius 2 is 0.958 bits per heavy atom. The van der Waals surface area contributed by atoms with Crippen LogP contribution in [0.25, 0.3) is 99.7 Å². The van der Waals surface area contributed by atoms with E-state index in [-0.39, 0.29) is 0 Å². The highest BCUT2D eigenvalue weighted by atomic mass is 15.1. The van der Waals surface area contributed by atoms with Crippen LogP contribution in [0.15, 0.2) is 158 Å². The Hall–Kier alpha value is -6.52. The van der Waals surface area contributed by atoms with Crippen molar-refractivity contribution in [2.45, 2.75) is 0 Å². The van der Waals surface area contributed by atoms with Crippen molar-refractivity contribution in [2.75, 3.05) is 0 Å². The molecule has 0 unspecified atom stereocenters. The van der Waals surface area contributed by atoms with Gasteiger partial charge in [0.2, 0.25) is 0 Å². The number of fused-ring (bicyclic) bond motifs is 12.